The highest BCUT2D eigenvalue weighted by Crippen LogP contribution is 2.40. The van der Waals surface area contributed by atoms with Crippen LogP contribution in [0.4, 0.5) is 32.8 Å². The molecule has 35 nitrogen and oxygen atoms in total. The van der Waals surface area contributed by atoms with Gasteiger partial charge < -0.3 is 69.0 Å². The summed E-state index contributed by atoms with van der Waals surface area (Å²) in [6, 6.07) is 43.6. The lowest BCUT2D eigenvalue weighted by atomic mass is 9.96. The largest absolute Gasteiger partial charge is 0.378 e. The summed E-state index contributed by atoms with van der Waals surface area (Å²) in [6.45, 7) is 16.4. The van der Waals surface area contributed by atoms with E-state index in [2.05, 4.69) is 233 Å². The number of likely N-dealkylation sites (tertiary alicyclic amines) is 1. The third-order valence-corrected chi connectivity index (χ3v) is 26.7. The molecule has 0 unspecified atom stereocenters. The van der Waals surface area contributed by atoms with Gasteiger partial charge in [-0.3, -0.25) is 65.1 Å². The van der Waals surface area contributed by atoms with E-state index in [-0.39, 0.29) is 47.3 Å². The van der Waals surface area contributed by atoms with Crippen LogP contribution in [0.3, 0.4) is 0 Å². The van der Waals surface area contributed by atoms with Crippen LogP contribution < -0.4 is 24.9 Å². The van der Waals surface area contributed by atoms with Gasteiger partial charge in [-0.2, -0.15) is 20.4 Å². The van der Waals surface area contributed by atoms with Crippen LogP contribution in [0.5, 0.6) is 0 Å². The highest BCUT2D eigenvalue weighted by Gasteiger charge is 2.29. The molecule has 5 aliphatic rings. The third kappa shape index (κ3) is 19.8. The molecular formula is C107H113FN32O3. The maximum Gasteiger partial charge on any atom is 0.227 e. The molecule has 143 heavy (non-hydrogen) atoms. The summed E-state index contributed by atoms with van der Waals surface area (Å²) in [5.41, 5.74) is 28.5. The molecule has 16 aromatic heterocycles. The number of nitrogens with zero attached hydrogens (tertiary/aromatic N) is 23. The minimum absolute atomic E-state index is 0. The van der Waals surface area contributed by atoms with Crippen molar-refractivity contribution >= 4 is 122 Å². The standard InChI is InChI=1S/C31H27FN8O.C27H29N9O.C23H22N8.C22H19N7O.4CH4/c1-40-9-7-18(8-10-40)31(41)35-23-12-21(14-33-15-23)19-5-6-26-24(13-19)29(39-38-26)30-36-27-17-34-16-25(28(27)37-30)20-3-2-4-22(32)11-20;1-34-4-6-36(7-5-34)24-17-29-16-23-26(24)31-27(30-23)25-21-13-18(2-3-22(21)32-33-25)19-12-20(15-28-14-19)35-8-10-37-11-9-35;1-30-6-8-31(9-7-30)17-10-16(12-25-13-17)15-2-3-19-18(11-15)22(29-28-19)23-26-20-4-5-24-14-21(20)27-23;1-2-15(11-23-5-1)14-3-4-17-16(10-14)20(28-27-17)22-25-18-12-24-13-19(21(18)26-22)29-6-8-30-9-7-29;;;;/h2-6,11-18H,7-10H2,1H3,(H,35,41)(H,36,37)(H,38,39);2-3,12-17H,4-11H2,1H3,(H,30,31)(H,32,33);2-5,10-14H,6-9H2,1H3,(H,26,27)(H,28,29);1-5,10-13H,6-9H2,(H,25,26)(H,27,28);4*1H4. The van der Waals surface area contributed by atoms with Crippen molar-refractivity contribution in [1.82, 2.24) is 135 Å². The summed E-state index contributed by atoms with van der Waals surface area (Å²) in [5, 5.41) is 37.8. The SMILES string of the molecule is C.C.C.C.CN1CCC(C(=O)Nc2cncc(-c3ccc4[nH]nc(-c5nc6c(-c7cccc(F)c7)cncc6[nH]5)c4c3)c2)CC1.CN1CCN(c2cncc(-c3ccc4[nH]nc(-c5nc6ccncc6[nH]5)c4c3)c2)CC1.CN1CCN(c2cncc3[nH]c(-c4n[nH]c5ccc(-c6cncc(N7CCOCC7)c6)cc45)nc23)CC1.c1cncc(-c2ccc3[nH]nc(-c4nc5c(N6CCOCC6)cncc5[nH]4)c3c2)c1. The quantitative estimate of drug-likeness (QED) is 0.0460. The summed E-state index contributed by atoms with van der Waals surface area (Å²) in [4.78, 5) is 97.2. The number of morpholine rings is 2. The maximum atomic E-state index is 13.9. The van der Waals surface area contributed by atoms with E-state index in [4.69, 9.17) is 24.4 Å². The summed E-state index contributed by atoms with van der Waals surface area (Å²) < 4.78 is 24.9. The average molecular weight is 1910 g/mol. The van der Waals surface area contributed by atoms with E-state index in [0.29, 0.717) is 28.3 Å². The minimum Gasteiger partial charge on any atom is -0.378 e. The van der Waals surface area contributed by atoms with Crippen molar-refractivity contribution in [2.24, 2.45) is 5.92 Å². The van der Waals surface area contributed by atoms with Crippen molar-refractivity contribution in [1.29, 1.82) is 0 Å². The highest BCUT2D eigenvalue weighted by molar-refractivity contribution is 6.03. The normalized spacial score (nSPS) is 15.0. The van der Waals surface area contributed by atoms with Gasteiger partial charge in [-0.05, 0) is 166 Å². The van der Waals surface area contributed by atoms with Crippen molar-refractivity contribution in [3.05, 3.63) is 238 Å². The average Bonchev–Trinajstić information content (AvgIpc) is 1.63. The van der Waals surface area contributed by atoms with Crippen molar-refractivity contribution in [2.45, 2.75) is 42.5 Å². The molecule has 5 fully saturated rings. The first-order valence-corrected chi connectivity index (χ1v) is 46.6. The number of fused-ring (bicyclic) bond motifs is 8. The number of benzene rings is 5. The predicted octanol–water partition coefficient (Wildman–Crippen LogP) is 18.1. The van der Waals surface area contributed by atoms with Crippen molar-refractivity contribution in [3.63, 3.8) is 0 Å². The maximum absolute atomic E-state index is 13.9. The number of carbonyl (C=O) groups is 1. The van der Waals surface area contributed by atoms with Gasteiger partial charge in [0.1, 0.15) is 39.6 Å². The van der Waals surface area contributed by atoms with Gasteiger partial charge >= 0.3 is 0 Å². The summed E-state index contributed by atoms with van der Waals surface area (Å²) in [6.07, 6.45) is 30.9. The Hall–Kier alpha value is -16.5. The Morgan fingerprint density at radius 1 is 0.336 bits per heavy atom. The van der Waals surface area contributed by atoms with E-state index >= 15 is 0 Å². The molecule has 0 radical (unpaired) electrons. The lowest BCUT2D eigenvalue weighted by Crippen LogP contribution is -2.44. The van der Waals surface area contributed by atoms with Crippen molar-refractivity contribution in [3.8, 4) is 102 Å². The Morgan fingerprint density at radius 2 is 0.734 bits per heavy atom. The molecule has 0 bridgehead atoms. The second kappa shape index (κ2) is 41.9. The zero-order valence-corrected chi connectivity index (χ0v) is 76.5. The van der Waals surface area contributed by atoms with Gasteiger partial charge in [-0.25, -0.2) is 24.3 Å². The molecule has 21 aromatic rings. The van der Waals surface area contributed by atoms with E-state index in [9.17, 15) is 9.18 Å². The molecule has 0 saturated carbocycles. The number of hydrogen-bond donors (Lipinski definition) is 9. The molecule has 5 saturated heterocycles. The number of aromatic amines is 8. The zero-order valence-electron chi connectivity index (χ0n) is 76.5. The number of pyridine rings is 8. The smallest absolute Gasteiger partial charge is 0.227 e. The van der Waals surface area contributed by atoms with Gasteiger partial charge in [-0.1, -0.05) is 72.2 Å². The molecule has 36 heteroatoms. The number of carbonyl (C=O) groups excluding carboxylic acids is 1. The Bertz CT molecular complexity index is 8010. The molecule has 26 rings (SSSR count). The number of piperazine rings is 2. The number of rotatable bonds is 15. The second-order valence-electron chi connectivity index (χ2n) is 35.7. The molecule has 0 atom stereocenters. The molecule has 21 heterocycles. The fourth-order valence-electron chi connectivity index (χ4n) is 18.9. The molecule has 5 aromatic carbocycles. The van der Waals surface area contributed by atoms with Crippen molar-refractivity contribution in [2.75, 3.05) is 164 Å². The van der Waals surface area contributed by atoms with Crippen LogP contribution in [0, 0.1) is 11.7 Å². The van der Waals surface area contributed by atoms with Crippen LogP contribution in [-0.4, -0.2) is 280 Å². The Labute approximate surface area is 824 Å². The van der Waals surface area contributed by atoms with Crippen LogP contribution in [-0.2, 0) is 14.3 Å². The van der Waals surface area contributed by atoms with Gasteiger partial charge in [-0.15, -0.1) is 0 Å². The molecule has 5 aliphatic heterocycles. The number of nitrogens with one attached hydrogen (secondary N) is 9. The van der Waals surface area contributed by atoms with Crippen LogP contribution >= 0.6 is 0 Å². The molecular weight excluding hydrogens is 1800 g/mol. The lowest BCUT2D eigenvalue weighted by Gasteiger charge is -2.34. The van der Waals surface area contributed by atoms with Gasteiger partial charge in [0, 0.05) is 177 Å². The van der Waals surface area contributed by atoms with Gasteiger partial charge in [0.2, 0.25) is 5.91 Å². The Morgan fingerprint density at radius 3 is 1.23 bits per heavy atom. The fraction of sp³-hybridized carbons (Fsp3) is 0.262. The molecule has 726 valence electrons. The van der Waals surface area contributed by atoms with Crippen LogP contribution in [0.2, 0.25) is 0 Å². The fourth-order valence-corrected chi connectivity index (χ4v) is 18.9. The molecule has 9 N–H and O–H groups in total. The summed E-state index contributed by atoms with van der Waals surface area (Å²) >= 11 is 0. The zero-order chi connectivity index (χ0) is 93.4. The van der Waals surface area contributed by atoms with Gasteiger partial charge in [0.25, 0.3) is 0 Å². The van der Waals surface area contributed by atoms with Crippen LogP contribution in [0.1, 0.15) is 42.5 Å². The first kappa shape index (κ1) is 95.4. The van der Waals surface area contributed by atoms with E-state index in [1.165, 1.54) is 17.8 Å². The molecule has 0 aliphatic carbocycles. The number of likely N-dealkylation sites (N-methyl/N-ethyl adjacent to an activating group) is 2. The summed E-state index contributed by atoms with van der Waals surface area (Å²) in [7, 11) is 6.41. The number of hydrogen-bond acceptors (Lipinski definition) is 26. The Balaban J connectivity index is 0.000000121. The highest BCUT2D eigenvalue weighted by atomic mass is 19.1. The van der Waals surface area contributed by atoms with E-state index in [1.807, 2.05) is 104 Å². The predicted molar refractivity (Wildman–Crippen MR) is 565 cm³/mol. The van der Waals surface area contributed by atoms with Gasteiger partial charge in [0.15, 0.2) is 23.3 Å². The number of ether oxygens (including phenoxy) is 2. The Kier molecular flexibility index (Phi) is 27.9. The first-order chi connectivity index (χ1) is 68.3. The minimum atomic E-state index is -0.318. The van der Waals surface area contributed by atoms with Crippen molar-refractivity contribution < 1.29 is 18.7 Å². The van der Waals surface area contributed by atoms with Crippen LogP contribution in [0.25, 0.3) is 189 Å². The number of imidazole rings is 4. The number of aromatic nitrogens is 24. The van der Waals surface area contributed by atoms with Crippen LogP contribution in [0.15, 0.2) is 233 Å². The topological polar surface area (TPSA) is 403 Å². The van der Waals surface area contributed by atoms with E-state index in [1.54, 1.807) is 49.4 Å². The number of H-pyrrole nitrogens is 8. The molecule has 0 spiro atoms. The van der Waals surface area contributed by atoms with E-state index in [0.717, 1.165) is 315 Å². The number of anilines is 5. The summed E-state index contributed by atoms with van der Waals surface area (Å²) in [5.74, 6) is 2.51. The molecule has 1 amide bonds. The monoisotopic (exact) mass is 1910 g/mol. The van der Waals surface area contributed by atoms with Gasteiger partial charge in [0.05, 0.1) is 166 Å². The number of piperidine rings is 1. The number of halogens is 1. The van der Waals surface area contributed by atoms with E-state index < -0.39 is 0 Å². The first-order valence-electron chi connectivity index (χ1n) is 46.6. The third-order valence-electron chi connectivity index (χ3n) is 26.7. The second-order valence-corrected chi connectivity index (χ2v) is 35.7. The number of amides is 1. The lowest BCUT2D eigenvalue weighted by molar-refractivity contribution is -0.121.